The summed E-state index contributed by atoms with van der Waals surface area (Å²) in [5.74, 6) is 0.159. The van der Waals surface area contributed by atoms with E-state index in [1.165, 1.54) is 6.07 Å². The molecule has 0 spiro atoms. The highest BCUT2D eigenvalue weighted by atomic mass is 31.2. The Morgan fingerprint density at radius 1 is 1.43 bits per heavy atom. The maximum Gasteiger partial charge on any atom is 0.344 e. The standard InChI is InChI=1S/C8H12NO4P/c1-6-4-7(2-3-8(6)10)9-5-14(11,12)13/h2-4,9-10H,5H2,1H3,(H2,11,12,13). The van der Waals surface area contributed by atoms with E-state index in [0.717, 1.165) is 0 Å². The SMILES string of the molecule is Cc1cc(NCP(=O)(O)O)ccc1O. The minimum absolute atomic E-state index is 0.159. The zero-order valence-corrected chi connectivity index (χ0v) is 8.53. The lowest BCUT2D eigenvalue weighted by Gasteiger charge is -2.08. The summed E-state index contributed by atoms with van der Waals surface area (Å²) in [5.41, 5.74) is 1.23. The molecule has 0 aliphatic heterocycles. The molecule has 0 atom stereocenters. The van der Waals surface area contributed by atoms with Crippen LogP contribution in [0.5, 0.6) is 5.75 Å². The van der Waals surface area contributed by atoms with Gasteiger partial charge in [-0.1, -0.05) is 0 Å². The Bertz CT molecular complexity index is 374. The maximum atomic E-state index is 10.5. The zero-order chi connectivity index (χ0) is 10.8. The molecule has 78 valence electrons. The van der Waals surface area contributed by atoms with Gasteiger partial charge in [0.05, 0.1) is 0 Å². The Morgan fingerprint density at radius 2 is 2.07 bits per heavy atom. The summed E-state index contributed by atoms with van der Waals surface area (Å²) in [5, 5.41) is 11.8. The van der Waals surface area contributed by atoms with Crippen LogP contribution in [0.15, 0.2) is 18.2 Å². The van der Waals surface area contributed by atoms with Crippen molar-refractivity contribution in [1.29, 1.82) is 0 Å². The Hall–Kier alpha value is -1.03. The van der Waals surface area contributed by atoms with Crippen molar-refractivity contribution in [2.24, 2.45) is 0 Å². The van der Waals surface area contributed by atoms with Crippen molar-refractivity contribution in [3.05, 3.63) is 23.8 Å². The lowest BCUT2D eigenvalue weighted by atomic mass is 10.2. The molecule has 0 aliphatic carbocycles. The van der Waals surface area contributed by atoms with Gasteiger partial charge >= 0.3 is 7.60 Å². The number of aromatic hydroxyl groups is 1. The van der Waals surface area contributed by atoms with Crippen LogP contribution in [-0.2, 0) is 4.57 Å². The number of hydrogen-bond donors (Lipinski definition) is 4. The zero-order valence-electron chi connectivity index (χ0n) is 7.64. The number of hydrogen-bond acceptors (Lipinski definition) is 3. The fraction of sp³-hybridized carbons (Fsp3) is 0.250. The molecular weight excluding hydrogens is 205 g/mol. The molecule has 0 aliphatic rings. The molecule has 0 heterocycles. The van der Waals surface area contributed by atoms with Gasteiger partial charge in [0.1, 0.15) is 12.0 Å². The maximum absolute atomic E-state index is 10.5. The van der Waals surface area contributed by atoms with Crippen molar-refractivity contribution < 1.29 is 19.5 Å². The van der Waals surface area contributed by atoms with Gasteiger partial charge in [-0.3, -0.25) is 4.57 Å². The summed E-state index contributed by atoms with van der Waals surface area (Å²) in [6.45, 7) is 1.71. The molecule has 6 heteroatoms. The van der Waals surface area contributed by atoms with Crippen LogP contribution in [0, 0.1) is 6.92 Å². The number of aryl methyl sites for hydroxylation is 1. The lowest BCUT2D eigenvalue weighted by Crippen LogP contribution is -2.01. The van der Waals surface area contributed by atoms with Crippen LogP contribution in [0.25, 0.3) is 0 Å². The molecule has 0 fully saturated rings. The van der Waals surface area contributed by atoms with Gasteiger partial charge in [0.2, 0.25) is 0 Å². The van der Waals surface area contributed by atoms with Gasteiger partial charge in [0.25, 0.3) is 0 Å². The highest BCUT2D eigenvalue weighted by Crippen LogP contribution is 2.34. The number of nitrogens with one attached hydrogen (secondary N) is 1. The van der Waals surface area contributed by atoms with Gasteiger partial charge in [0.15, 0.2) is 0 Å². The number of phenolic OH excluding ortho intramolecular Hbond substituents is 1. The van der Waals surface area contributed by atoms with E-state index in [1.807, 2.05) is 0 Å². The van der Waals surface area contributed by atoms with Crippen molar-refractivity contribution >= 4 is 13.3 Å². The Balaban J connectivity index is 2.69. The summed E-state index contributed by atoms with van der Waals surface area (Å²) in [7, 11) is -4.03. The molecule has 0 bridgehead atoms. The van der Waals surface area contributed by atoms with Crippen molar-refractivity contribution in [1.82, 2.24) is 0 Å². The highest BCUT2D eigenvalue weighted by Gasteiger charge is 2.11. The second-order valence-electron chi connectivity index (χ2n) is 3.00. The third-order valence-electron chi connectivity index (χ3n) is 1.69. The molecule has 5 nitrogen and oxygen atoms in total. The Morgan fingerprint density at radius 3 is 2.57 bits per heavy atom. The van der Waals surface area contributed by atoms with Gasteiger partial charge in [-0.15, -0.1) is 0 Å². The number of benzene rings is 1. The Kier molecular flexibility index (Phi) is 3.16. The van der Waals surface area contributed by atoms with E-state index >= 15 is 0 Å². The second kappa shape index (κ2) is 4.00. The summed E-state index contributed by atoms with van der Waals surface area (Å²) in [6.07, 6.45) is -0.406. The van der Waals surface area contributed by atoms with E-state index < -0.39 is 13.9 Å². The van der Waals surface area contributed by atoms with Gasteiger partial charge in [-0.2, -0.15) is 0 Å². The molecule has 4 N–H and O–H groups in total. The topological polar surface area (TPSA) is 89.8 Å². The highest BCUT2D eigenvalue weighted by molar-refractivity contribution is 7.51. The normalized spacial score (nSPS) is 11.4. The quantitative estimate of drug-likeness (QED) is 0.452. The first-order valence-electron chi connectivity index (χ1n) is 3.96. The molecule has 0 saturated heterocycles. The molecule has 0 unspecified atom stereocenters. The van der Waals surface area contributed by atoms with Crippen LogP contribution in [-0.4, -0.2) is 21.2 Å². The molecule has 0 saturated carbocycles. The van der Waals surface area contributed by atoms with Crippen LogP contribution in [0.3, 0.4) is 0 Å². The van der Waals surface area contributed by atoms with E-state index in [9.17, 15) is 9.67 Å². The minimum atomic E-state index is -4.03. The fourth-order valence-corrected chi connectivity index (χ4v) is 1.35. The minimum Gasteiger partial charge on any atom is -0.508 e. The van der Waals surface area contributed by atoms with Crippen LogP contribution in [0.2, 0.25) is 0 Å². The fourth-order valence-electron chi connectivity index (χ4n) is 0.960. The van der Waals surface area contributed by atoms with Gasteiger partial charge in [-0.05, 0) is 30.7 Å². The van der Waals surface area contributed by atoms with Crippen LogP contribution in [0.1, 0.15) is 5.56 Å². The van der Waals surface area contributed by atoms with Gasteiger partial charge < -0.3 is 20.2 Å². The van der Waals surface area contributed by atoms with Crippen molar-refractivity contribution in [2.75, 3.05) is 11.6 Å². The largest absolute Gasteiger partial charge is 0.508 e. The van der Waals surface area contributed by atoms with E-state index in [1.54, 1.807) is 19.1 Å². The van der Waals surface area contributed by atoms with Crippen LogP contribution >= 0.6 is 7.60 Å². The second-order valence-corrected chi connectivity index (χ2v) is 4.65. The molecule has 0 aromatic heterocycles. The number of rotatable bonds is 3. The molecule has 14 heavy (non-hydrogen) atoms. The first-order valence-corrected chi connectivity index (χ1v) is 5.76. The molecule has 0 radical (unpaired) electrons. The number of anilines is 1. The van der Waals surface area contributed by atoms with Crippen LogP contribution < -0.4 is 5.32 Å². The molecule has 1 aromatic rings. The molecular formula is C8H12NO4P. The summed E-state index contributed by atoms with van der Waals surface area (Å²) < 4.78 is 10.5. The van der Waals surface area contributed by atoms with E-state index in [-0.39, 0.29) is 5.75 Å². The summed E-state index contributed by atoms with van der Waals surface area (Å²) in [6, 6.07) is 4.64. The van der Waals surface area contributed by atoms with Gasteiger partial charge in [-0.25, -0.2) is 0 Å². The monoisotopic (exact) mass is 217 g/mol. The predicted molar refractivity (Wildman–Crippen MR) is 53.4 cm³/mol. The van der Waals surface area contributed by atoms with Gasteiger partial charge in [0, 0.05) is 5.69 Å². The first-order chi connectivity index (χ1) is 6.38. The Labute approximate surface area is 81.6 Å². The smallest absolute Gasteiger partial charge is 0.344 e. The summed E-state index contributed by atoms with van der Waals surface area (Å²) >= 11 is 0. The third kappa shape index (κ3) is 3.38. The van der Waals surface area contributed by atoms with Crippen molar-refractivity contribution in [3.8, 4) is 5.75 Å². The third-order valence-corrected chi connectivity index (χ3v) is 2.26. The van der Waals surface area contributed by atoms with Crippen molar-refractivity contribution in [3.63, 3.8) is 0 Å². The average molecular weight is 217 g/mol. The summed E-state index contributed by atoms with van der Waals surface area (Å²) in [4.78, 5) is 17.2. The van der Waals surface area contributed by atoms with Crippen LogP contribution in [0.4, 0.5) is 5.69 Å². The van der Waals surface area contributed by atoms with E-state index in [4.69, 9.17) is 9.79 Å². The average Bonchev–Trinajstić information content (AvgIpc) is 2.06. The van der Waals surface area contributed by atoms with Crippen molar-refractivity contribution in [2.45, 2.75) is 6.92 Å². The first kappa shape index (κ1) is 11.0. The molecule has 0 amide bonds. The number of phenols is 1. The lowest BCUT2D eigenvalue weighted by molar-refractivity contribution is 0.375. The predicted octanol–water partition coefficient (Wildman–Crippen LogP) is 1.25. The molecule has 1 rings (SSSR count). The molecule has 1 aromatic carbocycles. The van der Waals surface area contributed by atoms with E-state index in [2.05, 4.69) is 5.32 Å². The van der Waals surface area contributed by atoms with E-state index in [0.29, 0.717) is 11.3 Å².